The number of aliphatic carboxylic acids is 1. The summed E-state index contributed by atoms with van der Waals surface area (Å²) in [6.45, 7) is 8.05. The van der Waals surface area contributed by atoms with Gasteiger partial charge in [-0.15, -0.1) is 11.3 Å². The molecule has 0 radical (unpaired) electrons. The molecule has 21 heavy (non-hydrogen) atoms. The fraction of sp³-hybridized carbons (Fsp3) is 0.643. The van der Waals surface area contributed by atoms with Crippen molar-refractivity contribution in [2.75, 3.05) is 5.32 Å². The zero-order valence-electron chi connectivity index (χ0n) is 12.9. The zero-order valence-corrected chi connectivity index (χ0v) is 13.7. The lowest BCUT2D eigenvalue weighted by Gasteiger charge is -2.15. The predicted octanol–water partition coefficient (Wildman–Crippen LogP) is 3.21. The van der Waals surface area contributed by atoms with Crippen molar-refractivity contribution in [3.05, 3.63) is 11.1 Å². The molecule has 1 aromatic heterocycles. The Kier molecular flexibility index (Phi) is 6.14. The molecule has 6 nitrogen and oxygen atoms in total. The van der Waals surface area contributed by atoms with Gasteiger partial charge in [0.1, 0.15) is 0 Å². The maximum absolute atomic E-state index is 11.8. The van der Waals surface area contributed by atoms with E-state index in [-0.39, 0.29) is 23.9 Å². The van der Waals surface area contributed by atoms with Gasteiger partial charge in [0, 0.05) is 23.3 Å². The number of hydrogen-bond donors (Lipinski definition) is 3. The summed E-state index contributed by atoms with van der Waals surface area (Å²) < 4.78 is 0. The zero-order chi connectivity index (χ0) is 16.0. The van der Waals surface area contributed by atoms with E-state index in [1.165, 1.54) is 11.3 Å². The average Bonchev–Trinajstić information content (AvgIpc) is 2.76. The number of nitrogens with one attached hydrogen (secondary N) is 2. The van der Waals surface area contributed by atoms with Gasteiger partial charge in [0.25, 0.3) is 0 Å². The summed E-state index contributed by atoms with van der Waals surface area (Å²) >= 11 is 1.39. The molecule has 118 valence electrons. The summed E-state index contributed by atoms with van der Waals surface area (Å²) in [5, 5.41) is 16.5. The molecule has 1 heterocycles. The van der Waals surface area contributed by atoms with Crippen LogP contribution in [0.4, 0.5) is 9.93 Å². The van der Waals surface area contributed by atoms with Crippen LogP contribution in [-0.4, -0.2) is 28.1 Å². The lowest BCUT2D eigenvalue weighted by molar-refractivity contribution is -0.137. The highest BCUT2D eigenvalue weighted by atomic mass is 32.1. The first kappa shape index (κ1) is 17.4. The van der Waals surface area contributed by atoms with E-state index in [1.807, 2.05) is 12.3 Å². The topological polar surface area (TPSA) is 91.3 Å². The quantitative estimate of drug-likeness (QED) is 0.752. The van der Waals surface area contributed by atoms with E-state index < -0.39 is 5.97 Å². The van der Waals surface area contributed by atoms with Crippen LogP contribution in [0, 0.1) is 0 Å². The number of carboxylic acids is 1. The van der Waals surface area contributed by atoms with E-state index in [4.69, 9.17) is 5.11 Å². The van der Waals surface area contributed by atoms with Gasteiger partial charge in [0.15, 0.2) is 5.13 Å². The van der Waals surface area contributed by atoms with E-state index in [9.17, 15) is 9.59 Å². The van der Waals surface area contributed by atoms with Crippen molar-refractivity contribution in [3.63, 3.8) is 0 Å². The Morgan fingerprint density at radius 1 is 1.43 bits per heavy atom. The number of nitrogens with zero attached hydrogens (tertiary/aromatic N) is 1. The summed E-state index contributed by atoms with van der Waals surface area (Å²) in [5.74, 6) is -0.816. The number of amides is 2. The standard InChI is InChI=1S/C14H23N3O3S/c1-9(6-5-7-11(18)19)15-12(20)17-13-16-10(8-21-13)14(2,3)4/h8-9H,5-7H2,1-4H3,(H,18,19)(H2,15,16,17,20). The van der Waals surface area contributed by atoms with Crippen molar-refractivity contribution in [3.8, 4) is 0 Å². The minimum absolute atomic E-state index is 0.0446. The minimum Gasteiger partial charge on any atom is -0.481 e. The van der Waals surface area contributed by atoms with E-state index in [0.29, 0.717) is 18.0 Å². The highest BCUT2D eigenvalue weighted by Crippen LogP contribution is 2.26. The Morgan fingerprint density at radius 3 is 2.62 bits per heavy atom. The average molecular weight is 313 g/mol. The molecule has 0 aromatic carbocycles. The predicted molar refractivity (Wildman–Crippen MR) is 83.9 cm³/mol. The van der Waals surface area contributed by atoms with Gasteiger partial charge >= 0.3 is 12.0 Å². The number of carbonyl (C=O) groups is 2. The molecular weight excluding hydrogens is 290 g/mol. The molecule has 0 aliphatic rings. The Morgan fingerprint density at radius 2 is 2.10 bits per heavy atom. The summed E-state index contributed by atoms with van der Waals surface area (Å²) in [6.07, 6.45) is 1.29. The normalized spacial score (nSPS) is 12.8. The molecule has 1 rings (SSSR count). The summed E-state index contributed by atoms with van der Waals surface area (Å²) in [7, 11) is 0. The van der Waals surface area contributed by atoms with Crippen LogP contribution in [0.25, 0.3) is 0 Å². The molecule has 1 aromatic rings. The van der Waals surface area contributed by atoms with Crippen LogP contribution in [0.1, 0.15) is 52.7 Å². The third-order valence-corrected chi connectivity index (χ3v) is 3.66. The van der Waals surface area contributed by atoms with Gasteiger partial charge in [-0.3, -0.25) is 10.1 Å². The van der Waals surface area contributed by atoms with E-state index in [1.54, 1.807) is 0 Å². The number of anilines is 1. The Bertz CT molecular complexity index is 494. The van der Waals surface area contributed by atoms with Gasteiger partial charge in [-0.05, 0) is 19.8 Å². The molecule has 0 bridgehead atoms. The third kappa shape index (κ3) is 6.57. The first-order valence-electron chi connectivity index (χ1n) is 6.94. The number of rotatable bonds is 6. The number of carboxylic acid groups (broad SMARTS) is 1. The third-order valence-electron chi connectivity index (χ3n) is 2.90. The largest absolute Gasteiger partial charge is 0.481 e. The van der Waals surface area contributed by atoms with Crippen LogP contribution in [0.2, 0.25) is 0 Å². The molecule has 0 saturated heterocycles. The first-order valence-corrected chi connectivity index (χ1v) is 7.82. The molecule has 3 N–H and O–H groups in total. The van der Waals surface area contributed by atoms with Crippen molar-refractivity contribution in [1.29, 1.82) is 0 Å². The fourth-order valence-corrected chi connectivity index (χ4v) is 2.60. The minimum atomic E-state index is -0.816. The van der Waals surface area contributed by atoms with Crippen LogP contribution in [0.15, 0.2) is 5.38 Å². The SMILES string of the molecule is CC(CCCC(=O)O)NC(=O)Nc1nc(C(C)(C)C)cs1. The van der Waals surface area contributed by atoms with E-state index in [2.05, 4.69) is 36.4 Å². The number of urea groups is 1. The second kappa shape index (κ2) is 7.40. The number of thiazole rings is 1. The summed E-state index contributed by atoms with van der Waals surface area (Å²) in [5.41, 5.74) is 0.897. The first-order chi connectivity index (χ1) is 9.68. The van der Waals surface area contributed by atoms with Crippen molar-refractivity contribution in [2.24, 2.45) is 0 Å². The lowest BCUT2D eigenvalue weighted by Crippen LogP contribution is -2.36. The molecule has 1 atom stereocenters. The van der Waals surface area contributed by atoms with Gasteiger partial charge in [-0.2, -0.15) is 0 Å². The highest BCUT2D eigenvalue weighted by molar-refractivity contribution is 7.13. The van der Waals surface area contributed by atoms with Crippen molar-refractivity contribution >= 4 is 28.5 Å². The smallest absolute Gasteiger partial charge is 0.321 e. The number of hydrogen-bond acceptors (Lipinski definition) is 4. The second-order valence-electron chi connectivity index (χ2n) is 6.07. The summed E-state index contributed by atoms with van der Waals surface area (Å²) in [6, 6.07) is -0.390. The monoisotopic (exact) mass is 313 g/mol. The van der Waals surface area contributed by atoms with Crippen molar-refractivity contribution < 1.29 is 14.7 Å². The molecule has 1 unspecified atom stereocenters. The van der Waals surface area contributed by atoms with E-state index >= 15 is 0 Å². The fourth-order valence-electron chi connectivity index (χ4n) is 1.66. The lowest BCUT2D eigenvalue weighted by atomic mass is 9.93. The van der Waals surface area contributed by atoms with Crippen LogP contribution in [0.3, 0.4) is 0 Å². The van der Waals surface area contributed by atoms with Crippen molar-refractivity contribution in [1.82, 2.24) is 10.3 Å². The van der Waals surface area contributed by atoms with Crippen LogP contribution in [0.5, 0.6) is 0 Å². The molecule has 0 saturated carbocycles. The molecule has 7 heteroatoms. The maximum Gasteiger partial charge on any atom is 0.321 e. The number of aromatic nitrogens is 1. The van der Waals surface area contributed by atoms with Crippen LogP contribution >= 0.6 is 11.3 Å². The summed E-state index contributed by atoms with van der Waals surface area (Å²) in [4.78, 5) is 26.6. The van der Waals surface area contributed by atoms with Gasteiger partial charge < -0.3 is 10.4 Å². The van der Waals surface area contributed by atoms with Gasteiger partial charge in [-0.1, -0.05) is 20.8 Å². The van der Waals surface area contributed by atoms with Gasteiger partial charge in [0.2, 0.25) is 0 Å². The van der Waals surface area contributed by atoms with Gasteiger partial charge in [0.05, 0.1) is 5.69 Å². The van der Waals surface area contributed by atoms with Crippen molar-refractivity contribution in [2.45, 2.75) is 58.4 Å². The molecule has 0 spiro atoms. The maximum atomic E-state index is 11.8. The second-order valence-corrected chi connectivity index (χ2v) is 6.93. The van der Waals surface area contributed by atoms with Crippen LogP contribution in [-0.2, 0) is 10.2 Å². The molecule has 0 aliphatic carbocycles. The molecule has 0 fully saturated rings. The van der Waals surface area contributed by atoms with E-state index in [0.717, 1.165) is 5.69 Å². The molecular formula is C14H23N3O3S. The number of carbonyl (C=O) groups excluding carboxylic acids is 1. The Hall–Kier alpha value is -1.63. The Labute approximate surface area is 129 Å². The molecule has 0 aliphatic heterocycles. The molecule has 2 amide bonds. The van der Waals surface area contributed by atoms with Crippen LogP contribution < -0.4 is 10.6 Å². The Balaban J connectivity index is 2.39. The van der Waals surface area contributed by atoms with Gasteiger partial charge in [-0.25, -0.2) is 9.78 Å². The highest BCUT2D eigenvalue weighted by Gasteiger charge is 2.18.